The summed E-state index contributed by atoms with van der Waals surface area (Å²) in [6.07, 6.45) is 0. The number of rotatable bonds is 2. The van der Waals surface area contributed by atoms with E-state index in [1.165, 1.54) is 13.2 Å². The van der Waals surface area contributed by atoms with Crippen LogP contribution in [-0.4, -0.2) is 25.1 Å². The van der Waals surface area contributed by atoms with E-state index in [4.69, 9.17) is 15.4 Å². The topological polar surface area (TPSA) is 69.2 Å². The molecule has 0 saturated carbocycles. The van der Waals surface area contributed by atoms with Crippen LogP contribution in [0.15, 0.2) is 17.0 Å². The summed E-state index contributed by atoms with van der Waals surface area (Å²) in [5, 5.41) is 3.72. The maximum Gasteiger partial charge on any atom is 0.267 e. The predicted molar refractivity (Wildman–Crippen MR) is 57.0 cm³/mol. The molecule has 0 aliphatic heterocycles. The lowest BCUT2D eigenvalue weighted by molar-refractivity contribution is 0.404. The minimum atomic E-state index is -3.89. The largest absolute Gasteiger partial charge is 0.495 e. The number of aromatic nitrogens is 2. The zero-order valence-corrected chi connectivity index (χ0v) is 9.86. The first-order valence-corrected chi connectivity index (χ1v) is 6.86. The third-order valence-electron chi connectivity index (χ3n) is 1.80. The summed E-state index contributed by atoms with van der Waals surface area (Å²) in [5.74, 6) is 0.171. The lowest BCUT2D eigenvalue weighted by atomic mass is 10.3. The molecule has 0 aliphatic carbocycles. The summed E-state index contributed by atoms with van der Waals surface area (Å²) in [6, 6.07) is 3.21. The van der Waals surface area contributed by atoms with Crippen LogP contribution in [0.2, 0.25) is 0 Å². The van der Waals surface area contributed by atoms with Gasteiger partial charge in [0, 0.05) is 10.7 Å². The zero-order chi connectivity index (χ0) is 11.1. The highest BCUT2D eigenvalue weighted by atomic mass is 35.7. The molecule has 2 aromatic rings. The SMILES string of the molecule is COc1ccc2snnc2c1S(=O)(=O)Cl. The van der Waals surface area contributed by atoms with Gasteiger partial charge in [0.15, 0.2) is 4.90 Å². The van der Waals surface area contributed by atoms with Gasteiger partial charge in [-0.05, 0) is 23.7 Å². The Morgan fingerprint density at radius 2 is 2.20 bits per heavy atom. The first-order chi connectivity index (χ1) is 7.04. The monoisotopic (exact) mass is 264 g/mol. The van der Waals surface area contributed by atoms with Crippen molar-refractivity contribution in [1.29, 1.82) is 0 Å². The molecule has 1 aromatic heterocycles. The van der Waals surface area contributed by atoms with Gasteiger partial charge in [0.25, 0.3) is 9.05 Å². The standard InChI is InChI=1S/C7H5ClN2O3S2/c1-13-4-2-3-5-6(9-10-14-5)7(4)15(8,11)12/h2-3H,1H3. The van der Waals surface area contributed by atoms with Gasteiger partial charge in [-0.1, -0.05) is 4.49 Å². The Labute approximate surface area is 94.2 Å². The highest BCUT2D eigenvalue weighted by Crippen LogP contribution is 2.34. The van der Waals surface area contributed by atoms with E-state index < -0.39 is 9.05 Å². The molecule has 1 aromatic carbocycles. The lowest BCUT2D eigenvalue weighted by Crippen LogP contribution is -1.97. The van der Waals surface area contributed by atoms with E-state index in [-0.39, 0.29) is 16.2 Å². The van der Waals surface area contributed by atoms with Gasteiger partial charge in [0.05, 0.1) is 11.8 Å². The van der Waals surface area contributed by atoms with Gasteiger partial charge in [0.1, 0.15) is 11.3 Å². The maximum atomic E-state index is 11.3. The van der Waals surface area contributed by atoms with E-state index in [2.05, 4.69) is 9.59 Å². The van der Waals surface area contributed by atoms with Crippen LogP contribution in [0.1, 0.15) is 0 Å². The van der Waals surface area contributed by atoms with Crippen LogP contribution in [-0.2, 0) is 9.05 Å². The van der Waals surface area contributed by atoms with Gasteiger partial charge in [-0.3, -0.25) is 0 Å². The third kappa shape index (κ3) is 1.77. The Bertz CT molecular complexity index is 608. The van der Waals surface area contributed by atoms with Gasteiger partial charge in [0.2, 0.25) is 0 Å². The van der Waals surface area contributed by atoms with Crippen molar-refractivity contribution in [3.8, 4) is 5.75 Å². The molecule has 0 amide bonds. The molecule has 0 N–H and O–H groups in total. The molecule has 0 atom stereocenters. The van der Waals surface area contributed by atoms with Crippen molar-refractivity contribution in [2.45, 2.75) is 4.90 Å². The number of hydrogen-bond donors (Lipinski definition) is 0. The van der Waals surface area contributed by atoms with E-state index in [0.29, 0.717) is 4.70 Å². The Morgan fingerprint density at radius 3 is 2.80 bits per heavy atom. The molecular weight excluding hydrogens is 260 g/mol. The Balaban J connectivity index is 2.93. The fraction of sp³-hybridized carbons (Fsp3) is 0.143. The van der Waals surface area contributed by atoms with Crippen molar-refractivity contribution in [2.75, 3.05) is 7.11 Å². The number of methoxy groups -OCH3 is 1. The van der Waals surface area contributed by atoms with Crippen LogP contribution in [0, 0.1) is 0 Å². The molecule has 0 aliphatic rings. The quantitative estimate of drug-likeness (QED) is 0.771. The third-order valence-corrected chi connectivity index (χ3v) is 3.84. The molecule has 0 spiro atoms. The number of fused-ring (bicyclic) bond motifs is 1. The number of halogens is 1. The molecule has 5 nitrogen and oxygen atoms in total. The van der Waals surface area contributed by atoms with Crippen molar-refractivity contribution in [3.05, 3.63) is 12.1 Å². The predicted octanol–water partition coefficient (Wildman–Crippen LogP) is 1.63. The van der Waals surface area contributed by atoms with Crippen LogP contribution in [0.4, 0.5) is 0 Å². The van der Waals surface area contributed by atoms with E-state index in [1.54, 1.807) is 6.07 Å². The summed E-state index contributed by atoms with van der Waals surface area (Å²) >= 11 is 1.10. The molecular formula is C7H5ClN2O3S2. The molecule has 0 fully saturated rings. The number of benzene rings is 1. The Kier molecular flexibility index (Phi) is 2.53. The molecule has 0 bridgehead atoms. The fourth-order valence-electron chi connectivity index (χ4n) is 1.20. The maximum absolute atomic E-state index is 11.3. The molecule has 8 heteroatoms. The van der Waals surface area contributed by atoms with E-state index in [0.717, 1.165) is 11.5 Å². The van der Waals surface area contributed by atoms with Crippen molar-refractivity contribution >= 4 is 41.5 Å². The minimum Gasteiger partial charge on any atom is -0.495 e. The second kappa shape index (κ2) is 3.58. The van der Waals surface area contributed by atoms with Gasteiger partial charge in [-0.15, -0.1) is 5.10 Å². The van der Waals surface area contributed by atoms with Gasteiger partial charge in [-0.2, -0.15) is 0 Å². The Hall–Kier alpha value is -0.920. The lowest BCUT2D eigenvalue weighted by Gasteiger charge is -2.04. The van der Waals surface area contributed by atoms with Crippen molar-refractivity contribution < 1.29 is 13.2 Å². The van der Waals surface area contributed by atoms with Gasteiger partial charge in [-0.25, -0.2) is 8.42 Å². The average Bonchev–Trinajstić information content (AvgIpc) is 2.61. The van der Waals surface area contributed by atoms with Crippen LogP contribution >= 0.6 is 22.2 Å². The van der Waals surface area contributed by atoms with E-state index in [1.807, 2.05) is 0 Å². The van der Waals surface area contributed by atoms with Crippen LogP contribution in [0.3, 0.4) is 0 Å². The van der Waals surface area contributed by atoms with Gasteiger partial charge >= 0.3 is 0 Å². The van der Waals surface area contributed by atoms with Crippen LogP contribution in [0.25, 0.3) is 10.2 Å². The average molecular weight is 265 g/mol. The van der Waals surface area contributed by atoms with Crippen LogP contribution in [0.5, 0.6) is 5.75 Å². The first-order valence-electron chi connectivity index (χ1n) is 3.78. The zero-order valence-electron chi connectivity index (χ0n) is 7.47. The van der Waals surface area contributed by atoms with Crippen molar-refractivity contribution in [1.82, 2.24) is 9.59 Å². The van der Waals surface area contributed by atoms with E-state index in [9.17, 15) is 8.42 Å². The highest BCUT2D eigenvalue weighted by Gasteiger charge is 2.22. The van der Waals surface area contributed by atoms with E-state index >= 15 is 0 Å². The molecule has 80 valence electrons. The fourth-order valence-corrected chi connectivity index (χ4v) is 3.06. The first kappa shape index (κ1) is 10.6. The van der Waals surface area contributed by atoms with Crippen molar-refractivity contribution in [2.24, 2.45) is 0 Å². The smallest absolute Gasteiger partial charge is 0.267 e. The molecule has 0 radical (unpaired) electrons. The molecule has 2 rings (SSSR count). The van der Waals surface area contributed by atoms with Crippen molar-refractivity contribution in [3.63, 3.8) is 0 Å². The van der Waals surface area contributed by atoms with Crippen LogP contribution < -0.4 is 4.74 Å². The summed E-state index contributed by atoms with van der Waals surface area (Å²) in [5.41, 5.74) is 0.245. The molecule has 1 heterocycles. The molecule has 0 saturated heterocycles. The molecule has 15 heavy (non-hydrogen) atoms. The molecule has 0 unspecified atom stereocenters. The Morgan fingerprint density at radius 1 is 1.47 bits per heavy atom. The second-order valence-corrected chi connectivity index (χ2v) is 5.94. The number of hydrogen-bond acceptors (Lipinski definition) is 6. The number of nitrogens with zero attached hydrogens (tertiary/aromatic N) is 2. The minimum absolute atomic E-state index is 0.127. The summed E-state index contributed by atoms with van der Waals surface area (Å²) in [6.45, 7) is 0. The van der Waals surface area contributed by atoms with Gasteiger partial charge < -0.3 is 4.74 Å². The summed E-state index contributed by atoms with van der Waals surface area (Å²) in [4.78, 5) is -0.127. The normalized spacial score (nSPS) is 11.9. The number of ether oxygens (including phenoxy) is 1. The second-order valence-electron chi connectivity index (χ2n) is 2.65. The summed E-state index contributed by atoms with van der Waals surface area (Å²) < 4.78 is 31.9. The highest BCUT2D eigenvalue weighted by molar-refractivity contribution is 8.14. The summed E-state index contributed by atoms with van der Waals surface area (Å²) in [7, 11) is 2.78.